The van der Waals surface area contributed by atoms with Crippen LogP contribution in [0, 0.1) is 0 Å². The summed E-state index contributed by atoms with van der Waals surface area (Å²) < 4.78 is 0. The van der Waals surface area contributed by atoms with Crippen molar-refractivity contribution in [1.82, 2.24) is 4.90 Å². The number of nitrogens with one attached hydrogen (secondary N) is 1. The van der Waals surface area contributed by atoms with Crippen LogP contribution in [0.4, 0.5) is 5.69 Å². The van der Waals surface area contributed by atoms with Crippen molar-refractivity contribution in [1.29, 1.82) is 0 Å². The third kappa shape index (κ3) is 3.89. The molecular formula is C16H23ClN2O. The minimum absolute atomic E-state index is 0.0118. The van der Waals surface area contributed by atoms with Crippen molar-refractivity contribution < 1.29 is 4.79 Å². The van der Waals surface area contributed by atoms with Gasteiger partial charge in [-0.05, 0) is 31.0 Å². The summed E-state index contributed by atoms with van der Waals surface area (Å²) in [6.07, 6.45) is 7.49. The van der Waals surface area contributed by atoms with E-state index >= 15 is 0 Å². The number of nitrogens with zero attached hydrogens (tertiary/aromatic N) is 1. The molecule has 1 amide bonds. The minimum atomic E-state index is 0.0118. The first-order valence-electron chi connectivity index (χ1n) is 7.35. The van der Waals surface area contributed by atoms with Crippen molar-refractivity contribution in [3.8, 4) is 0 Å². The quantitative estimate of drug-likeness (QED) is 0.848. The second-order valence-electron chi connectivity index (χ2n) is 5.72. The Morgan fingerprint density at radius 2 is 1.85 bits per heavy atom. The van der Waals surface area contributed by atoms with Gasteiger partial charge < -0.3 is 10.2 Å². The van der Waals surface area contributed by atoms with Crippen LogP contribution in [0.1, 0.15) is 48.9 Å². The van der Waals surface area contributed by atoms with Crippen molar-refractivity contribution in [2.24, 2.45) is 0 Å². The van der Waals surface area contributed by atoms with Crippen LogP contribution < -0.4 is 5.32 Å². The van der Waals surface area contributed by atoms with E-state index in [-0.39, 0.29) is 5.91 Å². The minimum Gasteiger partial charge on any atom is -0.382 e. The van der Waals surface area contributed by atoms with Gasteiger partial charge >= 0.3 is 0 Å². The molecule has 1 N–H and O–H groups in total. The molecule has 1 aromatic carbocycles. The van der Waals surface area contributed by atoms with E-state index < -0.39 is 0 Å². The SMILES string of the molecule is CN(C)C(=O)c1ccc(Cl)cc1NC1CCCCCC1. The van der Waals surface area contributed by atoms with Gasteiger partial charge in [-0.3, -0.25) is 4.79 Å². The van der Waals surface area contributed by atoms with Crippen LogP contribution in [-0.2, 0) is 0 Å². The Balaban J connectivity index is 2.20. The molecule has 0 aliphatic heterocycles. The Hall–Kier alpha value is -1.22. The topological polar surface area (TPSA) is 32.3 Å². The molecule has 0 bridgehead atoms. The van der Waals surface area contributed by atoms with E-state index in [2.05, 4.69) is 5.32 Å². The van der Waals surface area contributed by atoms with Crippen LogP contribution >= 0.6 is 11.6 Å². The van der Waals surface area contributed by atoms with Gasteiger partial charge in [0, 0.05) is 30.8 Å². The molecule has 1 aliphatic rings. The number of rotatable bonds is 3. The lowest BCUT2D eigenvalue weighted by molar-refractivity contribution is 0.0828. The van der Waals surface area contributed by atoms with Crippen LogP contribution in [0.25, 0.3) is 0 Å². The zero-order valence-electron chi connectivity index (χ0n) is 12.3. The number of halogens is 1. The van der Waals surface area contributed by atoms with Crippen molar-refractivity contribution in [2.45, 2.75) is 44.6 Å². The number of benzene rings is 1. The zero-order chi connectivity index (χ0) is 14.5. The van der Waals surface area contributed by atoms with Crippen LogP contribution in [0.5, 0.6) is 0 Å². The molecule has 0 unspecified atom stereocenters. The molecule has 0 spiro atoms. The van der Waals surface area contributed by atoms with Gasteiger partial charge in [0.05, 0.1) is 5.56 Å². The van der Waals surface area contributed by atoms with E-state index in [0.717, 1.165) is 5.69 Å². The number of carbonyl (C=O) groups is 1. The highest BCUT2D eigenvalue weighted by atomic mass is 35.5. The summed E-state index contributed by atoms with van der Waals surface area (Å²) in [6.45, 7) is 0. The second-order valence-corrected chi connectivity index (χ2v) is 6.16. The summed E-state index contributed by atoms with van der Waals surface area (Å²) in [5, 5.41) is 4.20. The molecule has 1 saturated carbocycles. The van der Waals surface area contributed by atoms with Gasteiger partial charge in [-0.15, -0.1) is 0 Å². The van der Waals surface area contributed by atoms with Gasteiger partial charge in [-0.1, -0.05) is 37.3 Å². The zero-order valence-corrected chi connectivity index (χ0v) is 13.0. The molecule has 1 fully saturated rings. The van der Waals surface area contributed by atoms with Gasteiger partial charge in [-0.25, -0.2) is 0 Å². The highest BCUT2D eigenvalue weighted by Crippen LogP contribution is 2.26. The fraction of sp³-hybridized carbons (Fsp3) is 0.562. The van der Waals surface area contributed by atoms with E-state index in [1.165, 1.54) is 38.5 Å². The van der Waals surface area contributed by atoms with E-state index in [0.29, 0.717) is 16.6 Å². The van der Waals surface area contributed by atoms with E-state index in [4.69, 9.17) is 11.6 Å². The van der Waals surface area contributed by atoms with Gasteiger partial charge in [0.2, 0.25) is 0 Å². The molecule has 4 heteroatoms. The summed E-state index contributed by atoms with van der Waals surface area (Å²) >= 11 is 6.09. The van der Waals surface area contributed by atoms with Crippen LogP contribution in [0.2, 0.25) is 5.02 Å². The van der Waals surface area contributed by atoms with Gasteiger partial charge in [-0.2, -0.15) is 0 Å². The maximum absolute atomic E-state index is 12.2. The smallest absolute Gasteiger partial charge is 0.255 e. The summed E-state index contributed by atoms with van der Waals surface area (Å²) in [7, 11) is 3.54. The number of amides is 1. The van der Waals surface area contributed by atoms with Crippen LogP contribution in [0.15, 0.2) is 18.2 Å². The highest BCUT2D eigenvalue weighted by Gasteiger charge is 2.17. The monoisotopic (exact) mass is 294 g/mol. The van der Waals surface area contributed by atoms with E-state index in [1.54, 1.807) is 25.1 Å². The lowest BCUT2D eigenvalue weighted by Crippen LogP contribution is -2.25. The van der Waals surface area contributed by atoms with Crippen molar-refractivity contribution in [3.05, 3.63) is 28.8 Å². The fourth-order valence-electron chi connectivity index (χ4n) is 2.71. The normalized spacial score (nSPS) is 16.6. The molecule has 0 radical (unpaired) electrons. The Morgan fingerprint density at radius 1 is 1.20 bits per heavy atom. The molecule has 1 aliphatic carbocycles. The number of hydrogen-bond acceptors (Lipinski definition) is 2. The number of anilines is 1. The molecule has 2 rings (SSSR count). The number of carbonyl (C=O) groups excluding carboxylic acids is 1. The highest BCUT2D eigenvalue weighted by molar-refractivity contribution is 6.31. The lowest BCUT2D eigenvalue weighted by Gasteiger charge is -2.21. The van der Waals surface area contributed by atoms with Crippen LogP contribution in [-0.4, -0.2) is 30.9 Å². The first-order valence-corrected chi connectivity index (χ1v) is 7.73. The third-order valence-corrected chi connectivity index (χ3v) is 4.07. The van der Waals surface area contributed by atoms with E-state index in [9.17, 15) is 4.79 Å². The molecule has 1 aromatic rings. The third-order valence-electron chi connectivity index (χ3n) is 3.83. The molecule has 110 valence electrons. The summed E-state index contributed by atoms with van der Waals surface area (Å²) in [5.74, 6) is 0.0118. The average Bonchev–Trinajstić information content (AvgIpc) is 2.67. The van der Waals surface area contributed by atoms with Gasteiger partial charge in [0.15, 0.2) is 0 Å². The van der Waals surface area contributed by atoms with E-state index in [1.807, 2.05) is 12.1 Å². The molecule has 20 heavy (non-hydrogen) atoms. The number of hydrogen-bond donors (Lipinski definition) is 1. The average molecular weight is 295 g/mol. The van der Waals surface area contributed by atoms with Crippen molar-refractivity contribution in [3.63, 3.8) is 0 Å². The largest absolute Gasteiger partial charge is 0.382 e. The van der Waals surface area contributed by atoms with Crippen molar-refractivity contribution in [2.75, 3.05) is 19.4 Å². The summed E-state index contributed by atoms with van der Waals surface area (Å²) in [5.41, 5.74) is 1.56. The Labute approximate surface area is 126 Å². The molecular weight excluding hydrogens is 272 g/mol. The second kappa shape index (κ2) is 6.98. The predicted molar refractivity (Wildman–Crippen MR) is 84.6 cm³/mol. The Kier molecular flexibility index (Phi) is 5.30. The standard InChI is InChI=1S/C16H23ClN2O/c1-19(2)16(20)14-10-9-12(17)11-15(14)18-13-7-5-3-4-6-8-13/h9-11,13,18H,3-8H2,1-2H3. The fourth-order valence-corrected chi connectivity index (χ4v) is 2.88. The molecule has 0 heterocycles. The first-order chi connectivity index (χ1) is 9.58. The van der Waals surface area contributed by atoms with Gasteiger partial charge in [0.1, 0.15) is 0 Å². The summed E-state index contributed by atoms with van der Waals surface area (Å²) in [4.78, 5) is 13.8. The lowest BCUT2D eigenvalue weighted by atomic mass is 10.1. The maximum Gasteiger partial charge on any atom is 0.255 e. The predicted octanol–water partition coefficient (Wildman–Crippen LogP) is 4.18. The molecule has 0 saturated heterocycles. The maximum atomic E-state index is 12.2. The molecule has 0 aromatic heterocycles. The Bertz CT molecular complexity index is 466. The van der Waals surface area contributed by atoms with Gasteiger partial charge in [0.25, 0.3) is 5.91 Å². The first kappa shape index (κ1) is 15.2. The van der Waals surface area contributed by atoms with Crippen molar-refractivity contribution >= 4 is 23.2 Å². The summed E-state index contributed by atoms with van der Waals surface area (Å²) in [6, 6.07) is 5.90. The molecule has 3 nitrogen and oxygen atoms in total. The van der Waals surface area contributed by atoms with Crippen LogP contribution in [0.3, 0.4) is 0 Å². The Morgan fingerprint density at radius 3 is 2.45 bits per heavy atom. The molecule has 0 atom stereocenters.